The van der Waals surface area contributed by atoms with Crippen molar-refractivity contribution in [1.82, 2.24) is 24.5 Å². The third kappa shape index (κ3) is 3.77. The second-order valence-corrected chi connectivity index (χ2v) is 7.42. The Hall–Kier alpha value is -3.46. The smallest absolute Gasteiger partial charge is 0.277 e. The fourth-order valence-electron chi connectivity index (χ4n) is 3.08. The second-order valence-electron chi connectivity index (χ2n) is 6.56. The number of ether oxygens (including phenoxy) is 1. The van der Waals surface area contributed by atoms with Crippen molar-refractivity contribution in [3.05, 3.63) is 53.3 Å². The number of nitrogens with zero attached hydrogens (tertiary/aromatic N) is 5. The number of thiazole rings is 1. The molecule has 1 amide bonds. The lowest BCUT2D eigenvalue weighted by Gasteiger charge is -2.03. The van der Waals surface area contributed by atoms with Crippen molar-refractivity contribution in [3.63, 3.8) is 0 Å². The SMILES string of the molecule is COc1ccc(-c2cc(C(=O)Nc3nc(-c4cn(C)nc4C)cs3)nn2C)cc1. The number of hydrogen-bond donors (Lipinski definition) is 1. The van der Waals surface area contributed by atoms with Crippen molar-refractivity contribution in [1.29, 1.82) is 0 Å². The largest absolute Gasteiger partial charge is 0.497 e. The molecule has 0 spiro atoms. The van der Waals surface area contributed by atoms with Gasteiger partial charge in [-0.15, -0.1) is 11.3 Å². The molecule has 4 rings (SSSR count). The van der Waals surface area contributed by atoms with Crippen molar-refractivity contribution < 1.29 is 9.53 Å². The van der Waals surface area contributed by atoms with E-state index in [0.29, 0.717) is 10.8 Å². The zero-order valence-electron chi connectivity index (χ0n) is 16.5. The van der Waals surface area contributed by atoms with Gasteiger partial charge >= 0.3 is 0 Å². The lowest BCUT2D eigenvalue weighted by atomic mass is 10.1. The van der Waals surface area contributed by atoms with Crippen LogP contribution >= 0.6 is 11.3 Å². The molecule has 0 radical (unpaired) electrons. The number of methoxy groups -OCH3 is 1. The Balaban J connectivity index is 1.53. The molecule has 29 heavy (non-hydrogen) atoms. The first kappa shape index (κ1) is 18.9. The van der Waals surface area contributed by atoms with Crippen LogP contribution in [0.1, 0.15) is 16.2 Å². The van der Waals surface area contributed by atoms with Crippen LogP contribution in [-0.4, -0.2) is 37.6 Å². The molecule has 8 nitrogen and oxygen atoms in total. The van der Waals surface area contributed by atoms with Gasteiger partial charge in [0.15, 0.2) is 10.8 Å². The average molecular weight is 408 g/mol. The van der Waals surface area contributed by atoms with Gasteiger partial charge in [-0.25, -0.2) is 4.98 Å². The quantitative estimate of drug-likeness (QED) is 0.546. The molecule has 0 saturated carbocycles. The summed E-state index contributed by atoms with van der Waals surface area (Å²) in [5.74, 6) is 0.474. The lowest BCUT2D eigenvalue weighted by molar-refractivity contribution is 0.102. The number of nitrogens with one attached hydrogen (secondary N) is 1. The van der Waals surface area contributed by atoms with Gasteiger partial charge in [-0.2, -0.15) is 10.2 Å². The zero-order chi connectivity index (χ0) is 20.5. The van der Waals surface area contributed by atoms with E-state index in [4.69, 9.17) is 4.74 Å². The van der Waals surface area contributed by atoms with Crippen molar-refractivity contribution in [2.75, 3.05) is 12.4 Å². The minimum Gasteiger partial charge on any atom is -0.497 e. The van der Waals surface area contributed by atoms with Gasteiger partial charge in [0.2, 0.25) is 0 Å². The Morgan fingerprint density at radius 2 is 1.93 bits per heavy atom. The molecule has 0 unspecified atom stereocenters. The monoisotopic (exact) mass is 408 g/mol. The molecule has 9 heteroatoms. The standard InChI is InChI=1S/C20H20N6O2S/c1-12-15(10-25(2)23-12)17-11-29-20(21-17)22-19(27)16-9-18(26(3)24-16)13-5-7-14(28-4)8-6-13/h5-11H,1-4H3,(H,21,22,27). The fourth-order valence-corrected chi connectivity index (χ4v) is 3.78. The summed E-state index contributed by atoms with van der Waals surface area (Å²) >= 11 is 1.37. The van der Waals surface area contributed by atoms with Crippen molar-refractivity contribution in [2.24, 2.45) is 14.1 Å². The van der Waals surface area contributed by atoms with Gasteiger partial charge < -0.3 is 4.74 Å². The van der Waals surface area contributed by atoms with E-state index in [1.54, 1.807) is 22.5 Å². The number of carbonyl (C=O) groups excluding carboxylic acids is 1. The summed E-state index contributed by atoms with van der Waals surface area (Å²) in [5.41, 5.74) is 4.74. The van der Waals surface area contributed by atoms with E-state index in [1.807, 2.05) is 56.9 Å². The van der Waals surface area contributed by atoms with Crippen LogP contribution in [0.4, 0.5) is 5.13 Å². The minimum atomic E-state index is -0.302. The summed E-state index contributed by atoms with van der Waals surface area (Å²) in [6.45, 7) is 1.93. The zero-order valence-corrected chi connectivity index (χ0v) is 17.3. The molecule has 0 aliphatic heterocycles. The first-order chi connectivity index (χ1) is 13.9. The topological polar surface area (TPSA) is 86.9 Å². The van der Waals surface area contributed by atoms with Crippen molar-refractivity contribution in [2.45, 2.75) is 6.92 Å². The number of aromatic nitrogens is 5. The third-order valence-electron chi connectivity index (χ3n) is 4.51. The Labute approximate surface area is 171 Å². The Bertz CT molecular complexity index is 1170. The second kappa shape index (κ2) is 7.51. The molecular formula is C20H20N6O2S. The molecule has 148 valence electrons. The molecule has 3 heterocycles. The Kier molecular flexibility index (Phi) is 4.89. The van der Waals surface area contributed by atoms with E-state index in [0.717, 1.165) is 34.0 Å². The van der Waals surface area contributed by atoms with E-state index >= 15 is 0 Å². The highest BCUT2D eigenvalue weighted by Crippen LogP contribution is 2.27. The Morgan fingerprint density at radius 3 is 2.59 bits per heavy atom. The van der Waals surface area contributed by atoms with Crippen molar-refractivity contribution in [3.8, 4) is 28.3 Å². The van der Waals surface area contributed by atoms with Gasteiger partial charge in [0.05, 0.1) is 24.2 Å². The highest BCUT2D eigenvalue weighted by atomic mass is 32.1. The maximum atomic E-state index is 12.7. The molecule has 0 aliphatic carbocycles. The number of amides is 1. The lowest BCUT2D eigenvalue weighted by Crippen LogP contribution is -2.12. The molecule has 1 N–H and O–H groups in total. The Morgan fingerprint density at radius 1 is 1.17 bits per heavy atom. The molecule has 0 atom stereocenters. The van der Waals surface area contributed by atoms with Crippen LogP contribution in [-0.2, 0) is 14.1 Å². The molecular weight excluding hydrogens is 388 g/mol. The molecule has 4 aromatic rings. The molecule has 1 aromatic carbocycles. The molecule has 0 bridgehead atoms. The molecule has 0 saturated heterocycles. The van der Waals surface area contributed by atoms with Gasteiger partial charge in [0.25, 0.3) is 5.91 Å². The fraction of sp³-hybridized carbons (Fsp3) is 0.200. The number of hydrogen-bond acceptors (Lipinski definition) is 6. The van der Waals surface area contributed by atoms with Gasteiger partial charge in [0, 0.05) is 36.8 Å². The number of anilines is 1. The van der Waals surface area contributed by atoms with E-state index < -0.39 is 0 Å². The number of aryl methyl sites for hydroxylation is 3. The maximum absolute atomic E-state index is 12.7. The van der Waals surface area contributed by atoms with Crippen molar-refractivity contribution >= 4 is 22.4 Å². The predicted molar refractivity (Wildman–Crippen MR) is 112 cm³/mol. The van der Waals surface area contributed by atoms with E-state index in [1.165, 1.54) is 11.3 Å². The average Bonchev–Trinajstić information content (AvgIpc) is 3.40. The van der Waals surface area contributed by atoms with Crippen LogP contribution in [0, 0.1) is 6.92 Å². The summed E-state index contributed by atoms with van der Waals surface area (Å²) in [6, 6.07) is 9.37. The summed E-state index contributed by atoms with van der Waals surface area (Å²) < 4.78 is 8.62. The number of benzene rings is 1. The van der Waals surface area contributed by atoms with Gasteiger partial charge in [-0.1, -0.05) is 0 Å². The van der Waals surface area contributed by atoms with Crippen LogP contribution in [0.2, 0.25) is 0 Å². The third-order valence-corrected chi connectivity index (χ3v) is 5.27. The van der Waals surface area contributed by atoms with E-state index in [-0.39, 0.29) is 5.91 Å². The molecule has 0 fully saturated rings. The molecule has 0 aliphatic rings. The number of carbonyl (C=O) groups is 1. The van der Waals surface area contributed by atoms with Crippen LogP contribution in [0.25, 0.3) is 22.5 Å². The van der Waals surface area contributed by atoms with Crippen LogP contribution in [0.15, 0.2) is 41.9 Å². The first-order valence-corrected chi connectivity index (χ1v) is 9.78. The van der Waals surface area contributed by atoms with E-state index in [2.05, 4.69) is 20.5 Å². The molecule has 3 aromatic heterocycles. The highest BCUT2D eigenvalue weighted by Gasteiger charge is 2.17. The maximum Gasteiger partial charge on any atom is 0.277 e. The summed E-state index contributed by atoms with van der Waals surface area (Å²) in [4.78, 5) is 17.2. The normalized spacial score (nSPS) is 10.9. The summed E-state index contributed by atoms with van der Waals surface area (Å²) in [6.07, 6.45) is 1.91. The summed E-state index contributed by atoms with van der Waals surface area (Å²) in [7, 11) is 5.30. The van der Waals surface area contributed by atoms with Gasteiger partial charge in [-0.3, -0.25) is 19.5 Å². The van der Waals surface area contributed by atoms with Crippen LogP contribution < -0.4 is 10.1 Å². The van der Waals surface area contributed by atoms with E-state index in [9.17, 15) is 4.79 Å². The predicted octanol–water partition coefficient (Wildman–Crippen LogP) is 3.51. The van der Waals surface area contributed by atoms with Gasteiger partial charge in [0.1, 0.15) is 5.75 Å². The number of rotatable bonds is 5. The van der Waals surface area contributed by atoms with Crippen LogP contribution in [0.5, 0.6) is 5.75 Å². The van der Waals surface area contributed by atoms with Gasteiger partial charge in [-0.05, 0) is 37.3 Å². The first-order valence-electron chi connectivity index (χ1n) is 8.90. The van der Waals surface area contributed by atoms with Crippen LogP contribution in [0.3, 0.4) is 0 Å². The minimum absolute atomic E-state index is 0.302. The summed E-state index contributed by atoms with van der Waals surface area (Å²) in [5, 5.41) is 13.9. The highest BCUT2D eigenvalue weighted by molar-refractivity contribution is 7.14.